The smallest absolute Gasteiger partial charge is 0.0816 e. The minimum Gasteiger partial charge on any atom is -0.388 e. The minimum atomic E-state index is -0.337. The first-order valence-corrected chi connectivity index (χ1v) is 5.57. The van der Waals surface area contributed by atoms with E-state index in [-0.39, 0.29) is 6.10 Å². The molecule has 1 aromatic carbocycles. The standard InChI is InChI=1S/C13H14N2O/c1-9-7-14-15(8-9)11-4-2-3-10-5-6-12(16)13(10)11/h2-4,7-8,12,16H,5-6H2,1H3. The van der Waals surface area contributed by atoms with Crippen LogP contribution in [-0.4, -0.2) is 14.9 Å². The zero-order chi connectivity index (χ0) is 11.1. The largest absolute Gasteiger partial charge is 0.388 e. The molecule has 0 saturated carbocycles. The molecule has 16 heavy (non-hydrogen) atoms. The SMILES string of the molecule is Cc1cnn(-c2cccc3c2C(O)CC3)c1. The van der Waals surface area contributed by atoms with Gasteiger partial charge in [-0.2, -0.15) is 5.10 Å². The van der Waals surface area contributed by atoms with Crippen LogP contribution in [0, 0.1) is 6.92 Å². The molecule has 0 saturated heterocycles. The lowest BCUT2D eigenvalue weighted by molar-refractivity contribution is 0.179. The van der Waals surface area contributed by atoms with Crippen LogP contribution in [0.2, 0.25) is 0 Å². The molecule has 0 aliphatic heterocycles. The molecule has 0 spiro atoms. The maximum absolute atomic E-state index is 9.99. The number of rotatable bonds is 1. The first-order valence-electron chi connectivity index (χ1n) is 5.57. The second kappa shape index (κ2) is 3.46. The van der Waals surface area contributed by atoms with Crippen LogP contribution >= 0.6 is 0 Å². The van der Waals surface area contributed by atoms with Crippen molar-refractivity contribution in [1.29, 1.82) is 0 Å². The van der Waals surface area contributed by atoms with E-state index in [9.17, 15) is 5.11 Å². The van der Waals surface area contributed by atoms with Gasteiger partial charge in [0.15, 0.2) is 0 Å². The topological polar surface area (TPSA) is 38.0 Å². The molecule has 0 amide bonds. The summed E-state index contributed by atoms with van der Waals surface area (Å²) in [6, 6.07) is 6.13. The van der Waals surface area contributed by atoms with Gasteiger partial charge in [-0.1, -0.05) is 12.1 Å². The molecule has 2 aromatic rings. The maximum Gasteiger partial charge on any atom is 0.0816 e. The van der Waals surface area contributed by atoms with Crippen LogP contribution in [0.4, 0.5) is 0 Å². The van der Waals surface area contributed by atoms with E-state index in [4.69, 9.17) is 0 Å². The van der Waals surface area contributed by atoms with E-state index in [1.165, 1.54) is 5.56 Å². The normalized spacial score (nSPS) is 18.8. The highest BCUT2D eigenvalue weighted by molar-refractivity contribution is 5.49. The molecular weight excluding hydrogens is 200 g/mol. The van der Waals surface area contributed by atoms with Gasteiger partial charge in [-0.15, -0.1) is 0 Å². The molecule has 1 heterocycles. The minimum absolute atomic E-state index is 0.337. The van der Waals surface area contributed by atoms with Crippen LogP contribution in [0.15, 0.2) is 30.6 Å². The number of aliphatic hydroxyl groups is 1. The van der Waals surface area contributed by atoms with E-state index >= 15 is 0 Å². The van der Waals surface area contributed by atoms with Gasteiger partial charge in [0.1, 0.15) is 0 Å². The van der Waals surface area contributed by atoms with E-state index in [2.05, 4.69) is 11.2 Å². The van der Waals surface area contributed by atoms with Gasteiger partial charge in [-0.05, 0) is 37.0 Å². The second-order valence-electron chi connectivity index (χ2n) is 4.37. The molecule has 1 unspecified atom stereocenters. The monoisotopic (exact) mass is 214 g/mol. The summed E-state index contributed by atoms with van der Waals surface area (Å²) in [7, 11) is 0. The predicted molar refractivity (Wildman–Crippen MR) is 61.6 cm³/mol. The summed E-state index contributed by atoms with van der Waals surface area (Å²) in [5, 5.41) is 14.3. The van der Waals surface area contributed by atoms with Gasteiger partial charge in [0.2, 0.25) is 0 Å². The Morgan fingerprint density at radius 3 is 3.06 bits per heavy atom. The van der Waals surface area contributed by atoms with Crippen molar-refractivity contribution in [2.75, 3.05) is 0 Å². The van der Waals surface area contributed by atoms with Crippen molar-refractivity contribution in [3.05, 3.63) is 47.3 Å². The zero-order valence-electron chi connectivity index (χ0n) is 9.22. The number of aryl methyl sites for hydroxylation is 2. The van der Waals surface area contributed by atoms with Crippen LogP contribution in [0.5, 0.6) is 0 Å². The third-order valence-corrected chi connectivity index (χ3v) is 3.15. The van der Waals surface area contributed by atoms with Gasteiger partial charge in [-0.3, -0.25) is 0 Å². The Morgan fingerprint density at radius 2 is 2.31 bits per heavy atom. The van der Waals surface area contributed by atoms with E-state index in [0.717, 1.165) is 29.7 Å². The highest BCUT2D eigenvalue weighted by atomic mass is 16.3. The molecule has 3 rings (SSSR count). The lowest BCUT2D eigenvalue weighted by Gasteiger charge is -2.11. The number of hydrogen-bond donors (Lipinski definition) is 1. The summed E-state index contributed by atoms with van der Waals surface area (Å²) in [6.45, 7) is 2.02. The van der Waals surface area contributed by atoms with Crippen molar-refractivity contribution in [2.24, 2.45) is 0 Å². The van der Waals surface area contributed by atoms with Crippen molar-refractivity contribution < 1.29 is 5.11 Å². The Morgan fingerprint density at radius 1 is 1.44 bits per heavy atom. The number of benzene rings is 1. The Bertz CT molecular complexity index is 530. The van der Waals surface area contributed by atoms with Crippen LogP contribution in [-0.2, 0) is 6.42 Å². The molecule has 1 aromatic heterocycles. The Balaban J connectivity index is 2.18. The van der Waals surface area contributed by atoms with Crippen LogP contribution in [0.1, 0.15) is 29.2 Å². The summed E-state index contributed by atoms with van der Waals surface area (Å²) in [4.78, 5) is 0. The highest BCUT2D eigenvalue weighted by Gasteiger charge is 2.24. The van der Waals surface area contributed by atoms with Crippen LogP contribution in [0.3, 0.4) is 0 Å². The zero-order valence-corrected chi connectivity index (χ0v) is 9.22. The van der Waals surface area contributed by atoms with Crippen molar-refractivity contribution >= 4 is 0 Å². The van der Waals surface area contributed by atoms with Gasteiger partial charge in [-0.25, -0.2) is 4.68 Å². The summed E-state index contributed by atoms with van der Waals surface area (Å²) >= 11 is 0. The number of hydrogen-bond acceptors (Lipinski definition) is 2. The van der Waals surface area contributed by atoms with Crippen molar-refractivity contribution in [3.63, 3.8) is 0 Å². The van der Waals surface area contributed by atoms with E-state index < -0.39 is 0 Å². The first-order chi connectivity index (χ1) is 7.75. The summed E-state index contributed by atoms with van der Waals surface area (Å²) in [6.07, 6.45) is 5.27. The third kappa shape index (κ3) is 1.36. The molecule has 3 nitrogen and oxygen atoms in total. The second-order valence-corrected chi connectivity index (χ2v) is 4.37. The quantitative estimate of drug-likeness (QED) is 0.790. The predicted octanol–water partition coefficient (Wildman–Crippen LogP) is 2.16. The van der Waals surface area contributed by atoms with E-state index in [1.54, 1.807) is 0 Å². The van der Waals surface area contributed by atoms with Gasteiger partial charge in [0, 0.05) is 11.8 Å². The van der Waals surface area contributed by atoms with Crippen molar-refractivity contribution in [2.45, 2.75) is 25.9 Å². The number of aliphatic hydroxyl groups excluding tert-OH is 1. The molecule has 1 atom stereocenters. The lowest BCUT2D eigenvalue weighted by atomic mass is 10.1. The van der Waals surface area contributed by atoms with Gasteiger partial charge >= 0.3 is 0 Å². The fourth-order valence-corrected chi connectivity index (χ4v) is 2.38. The molecule has 1 N–H and O–H groups in total. The van der Waals surface area contributed by atoms with Crippen molar-refractivity contribution in [3.8, 4) is 5.69 Å². The third-order valence-electron chi connectivity index (χ3n) is 3.15. The Labute approximate surface area is 94.3 Å². The van der Waals surface area contributed by atoms with Gasteiger partial charge < -0.3 is 5.11 Å². The molecule has 0 fully saturated rings. The molecule has 3 heteroatoms. The number of fused-ring (bicyclic) bond motifs is 1. The number of aromatic nitrogens is 2. The summed E-state index contributed by atoms with van der Waals surface area (Å²) in [5.74, 6) is 0. The van der Waals surface area contributed by atoms with Gasteiger partial charge in [0.25, 0.3) is 0 Å². The van der Waals surface area contributed by atoms with E-state index in [1.807, 2.05) is 36.1 Å². The van der Waals surface area contributed by atoms with E-state index in [0.29, 0.717) is 0 Å². The van der Waals surface area contributed by atoms with Gasteiger partial charge in [0.05, 0.1) is 18.0 Å². The van der Waals surface area contributed by atoms with Crippen LogP contribution < -0.4 is 0 Å². The van der Waals surface area contributed by atoms with Crippen LogP contribution in [0.25, 0.3) is 5.69 Å². The Kier molecular flexibility index (Phi) is 2.07. The maximum atomic E-state index is 9.99. The molecule has 1 aliphatic rings. The average molecular weight is 214 g/mol. The first kappa shape index (κ1) is 9.60. The molecular formula is C13H14N2O. The summed E-state index contributed by atoms with van der Waals surface area (Å²) in [5.41, 5.74) is 4.43. The summed E-state index contributed by atoms with van der Waals surface area (Å²) < 4.78 is 1.85. The highest BCUT2D eigenvalue weighted by Crippen LogP contribution is 2.35. The molecule has 0 bridgehead atoms. The fourth-order valence-electron chi connectivity index (χ4n) is 2.38. The average Bonchev–Trinajstić information content (AvgIpc) is 2.86. The molecule has 0 radical (unpaired) electrons. The fraction of sp³-hybridized carbons (Fsp3) is 0.308. The lowest BCUT2D eigenvalue weighted by Crippen LogP contribution is -2.02. The molecule has 82 valence electrons. The van der Waals surface area contributed by atoms with Crippen molar-refractivity contribution in [1.82, 2.24) is 9.78 Å². The number of nitrogens with zero attached hydrogens (tertiary/aromatic N) is 2. The molecule has 1 aliphatic carbocycles. The Hall–Kier alpha value is -1.61.